The van der Waals surface area contributed by atoms with E-state index in [2.05, 4.69) is 15.3 Å². The molecule has 3 aromatic heterocycles. The van der Waals surface area contributed by atoms with Crippen molar-refractivity contribution in [3.8, 4) is 11.1 Å². The highest BCUT2D eigenvalue weighted by molar-refractivity contribution is 7.91. The summed E-state index contributed by atoms with van der Waals surface area (Å²) in [6.07, 6.45) is 1.47. The Labute approximate surface area is 162 Å². The second-order valence-corrected chi connectivity index (χ2v) is 9.49. The van der Waals surface area contributed by atoms with E-state index < -0.39 is 10.0 Å². The summed E-state index contributed by atoms with van der Waals surface area (Å²) in [5.74, 6) is 0.336. The van der Waals surface area contributed by atoms with Gasteiger partial charge in [-0.15, -0.1) is 22.7 Å². The standard InChI is InChI=1S/C17H13FN4O2S3/c18-11-3-1-10(2-4-11)13-8-25-17-15(13)16(21-9-22-17)20-7-12-5-6-14(26-12)27(19,23)24/h1-6,8-9H,7H2,(H2,19,23,24)(H,20,21,22). The van der Waals surface area contributed by atoms with Crippen molar-refractivity contribution in [2.45, 2.75) is 10.8 Å². The minimum atomic E-state index is -3.70. The Hall–Kier alpha value is -2.40. The average Bonchev–Trinajstić information content (AvgIpc) is 3.28. The number of primary sulfonamides is 1. The van der Waals surface area contributed by atoms with Gasteiger partial charge in [-0.05, 0) is 29.8 Å². The van der Waals surface area contributed by atoms with Gasteiger partial charge in [-0.25, -0.2) is 27.9 Å². The number of nitrogens with two attached hydrogens (primary N) is 1. The summed E-state index contributed by atoms with van der Waals surface area (Å²) in [4.78, 5) is 10.2. The summed E-state index contributed by atoms with van der Waals surface area (Å²) in [7, 11) is -3.70. The van der Waals surface area contributed by atoms with E-state index in [1.165, 1.54) is 35.9 Å². The fourth-order valence-electron chi connectivity index (χ4n) is 2.63. The molecule has 3 heterocycles. The molecule has 3 N–H and O–H groups in total. The highest BCUT2D eigenvalue weighted by Gasteiger charge is 2.15. The van der Waals surface area contributed by atoms with Crippen LogP contribution in [-0.2, 0) is 16.6 Å². The van der Waals surface area contributed by atoms with E-state index in [1.807, 2.05) is 5.38 Å². The zero-order valence-electron chi connectivity index (χ0n) is 13.7. The lowest BCUT2D eigenvalue weighted by molar-refractivity contribution is 0.600. The maximum atomic E-state index is 13.2. The van der Waals surface area contributed by atoms with Gasteiger partial charge in [-0.2, -0.15) is 0 Å². The molecule has 0 unspecified atom stereocenters. The molecule has 0 saturated carbocycles. The van der Waals surface area contributed by atoms with Gasteiger partial charge < -0.3 is 5.32 Å². The van der Waals surface area contributed by atoms with Gasteiger partial charge in [0.05, 0.1) is 11.9 Å². The van der Waals surface area contributed by atoms with Gasteiger partial charge in [0.25, 0.3) is 0 Å². The molecule has 138 valence electrons. The van der Waals surface area contributed by atoms with Crippen LogP contribution < -0.4 is 10.5 Å². The number of aromatic nitrogens is 2. The minimum Gasteiger partial charge on any atom is -0.365 e. The number of rotatable bonds is 5. The first-order chi connectivity index (χ1) is 12.9. The zero-order valence-corrected chi connectivity index (χ0v) is 16.2. The first kappa shape index (κ1) is 18.0. The molecule has 6 nitrogen and oxygen atoms in total. The van der Waals surface area contributed by atoms with Crippen molar-refractivity contribution in [3.63, 3.8) is 0 Å². The van der Waals surface area contributed by atoms with E-state index in [0.29, 0.717) is 12.4 Å². The first-order valence-corrected chi connectivity index (χ1v) is 11.0. The third-order valence-electron chi connectivity index (χ3n) is 3.87. The second kappa shape index (κ2) is 6.97. The molecule has 0 aliphatic carbocycles. The normalized spacial score (nSPS) is 11.8. The van der Waals surface area contributed by atoms with Crippen molar-refractivity contribution in [1.82, 2.24) is 9.97 Å². The first-order valence-electron chi connectivity index (χ1n) is 7.75. The fourth-order valence-corrected chi connectivity index (χ4v) is 5.26. The molecule has 0 amide bonds. The van der Waals surface area contributed by atoms with Gasteiger partial charge in [0.15, 0.2) is 0 Å². The van der Waals surface area contributed by atoms with Crippen LogP contribution in [0.1, 0.15) is 4.88 Å². The Morgan fingerprint density at radius 3 is 2.59 bits per heavy atom. The topological polar surface area (TPSA) is 98.0 Å². The number of sulfonamides is 1. The van der Waals surface area contributed by atoms with Crippen LogP contribution >= 0.6 is 22.7 Å². The van der Waals surface area contributed by atoms with Crippen molar-refractivity contribution in [3.05, 3.63) is 58.8 Å². The van der Waals surface area contributed by atoms with Crippen LogP contribution in [-0.4, -0.2) is 18.4 Å². The van der Waals surface area contributed by atoms with Crippen LogP contribution in [0.5, 0.6) is 0 Å². The molecule has 0 radical (unpaired) electrons. The molecule has 10 heteroatoms. The molecule has 0 aliphatic rings. The molecule has 4 rings (SSSR count). The predicted octanol–water partition coefficient (Wildman–Crippen LogP) is 3.82. The number of benzene rings is 1. The van der Waals surface area contributed by atoms with E-state index in [9.17, 15) is 12.8 Å². The Morgan fingerprint density at radius 1 is 1.11 bits per heavy atom. The number of anilines is 1. The number of thiophene rings is 2. The third-order valence-corrected chi connectivity index (χ3v) is 7.28. The van der Waals surface area contributed by atoms with Gasteiger partial charge >= 0.3 is 0 Å². The highest BCUT2D eigenvalue weighted by atomic mass is 32.2. The summed E-state index contributed by atoms with van der Waals surface area (Å²) in [6, 6.07) is 9.45. The maximum absolute atomic E-state index is 13.2. The highest BCUT2D eigenvalue weighted by Crippen LogP contribution is 2.36. The number of nitrogens with zero attached hydrogens (tertiary/aromatic N) is 2. The summed E-state index contributed by atoms with van der Waals surface area (Å²) < 4.78 is 36.2. The minimum absolute atomic E-state index is 0.120. The van der Waals surface area contributed by atoms with Gasteiger partial charge in [0.2, 0.25) is 10.0 Å². The van der Waals surface area contributed by atoms with Crippen LogP contribution in [0.3, 0.4) is 0 Å². The third kappa shape index (κ3) is 3.69. The van der Waals surface area contributed by atoms with Gasteiger partial charge in [-0.1, -0.05) is 12.1 Å². The van der Waals surface area contributed by atoms with Crippen molar-refractivity contribution in [1.29, 1.82) is 0 Å². The van der Waals surface area contributed by atoms with Crippen molar-refractivity contribution in [2.24, 2.45) is 5.14 Å². The quantitative estimate of drug-likeness (QED) is 0.511. The van der Waals surface area contributed by atoms with Crippen molar-refractivity contribution < 1.29 is 12.8 Å². The molecule has 0 spiro atoms. The van der Waals surface area contributed by atoms with Crippen molar-refractivity contribution >= 4 is 48.7 Å². The van der Waals surface area contributed by atoms with Gasteiger partial charge in [-0.3, -0.25) is 0 Å². The molecule has 0 bridgehead atoms. The van der Waals surface area contributed by atoms with Crippen LogP contribution in [0.4, 0.5) is 10.2 Å². The lowest BCUT2D eigenvalue weighted by Gasteiger charge is -2.07. The number of halogens is 1. The van der Waals surface area contributed by atoms with Gasteiger partial charge in [0.1, 0.15) is 27.0 Å². The predicted molar refractivity (Wildman–Crippen MR) is 106 cm³/mol. The SMILES string of the molecule is NS(=O)(=O)c1ccc(CNc2ncnc3scc(-c4ccc(F)cc4)c23)s1. The van der Waals surface area contributed by atoms with E-state index in [0.717, 1.165) is 37.6 Å². The molecule has 0 aliphatic heterocycles. The summed E-state index contributed by atoms with van der Waals surface area (Å²) in [6.45, 7) is 0.394. The monoisotopic (exact) mass is 420 g/mol. The average molecular weight is 421 g/mol. The number of nitrogens with one attached hydrogen (secondary N) is 1. The number of fused-ring (bicyclic) bond motifs is 1. The van der Waals surface area contributed by atoms with Crippen LogP contribution in [0, 0.1) is 5.82 Å². The molecule has 0 atom stereocenters. The van der Waals surface area contributed by atoms with Crippen LogP contribution in [0.25, 0.3) is 21.3 Å². The Balaban J connectivity index is 1.67. The smallest absolute Gasteiger partial charge is 0.247 e. The summed E-state index contributed by atoms with van der Waals surface area (Å²) in [5.41, 5.74) is 1.78. The molecule has 4 aromatic rings. The lowest BCUT2D eigenvalue weighted by Crippen LogP contribution is -2.09. The summed E-state index contributed by atoms with van der Waals surface area (Å²) in [5, 5.41) is 11.2. The van der Waals surface area contributed by atoms with E-state index >= 15 is 0 Å². The number of hydrogen-bond donors (Lipinski definition) is 2. The Kier molecular flexibility index (Phi) is 4.64. The fraction of sp³-hybridized carbons (Fsp3) is 0.0588. The number of hydrogen-bond acceptors (Lipinski definition) is 7. The molecule has 1 aromatic carbocycles. The molecule has 27 heavy (non-hydrogen) atoms. The van der Waals surface area contributed by atoms with E-state index in [1.54, 1.807) is 18.2 Å². The molecule has 0 saturated heterocycles. The lowest BCUT2D eigenvalue weighted by atomic mass is 10.1. The zero-order chi connectivity index (χ0) is 19.0. The van der Waals surface area contributed by atoms with Crippen molar-refractivity contribution in [2.75, 3.05) is 5.32 Å². The van der Waals surface area contributed by atoms with Crippen LogP contribution in [0.2, 0.25) is 0 Å². The maximum Gasteiger partial charge on any atom is 0.247 e. The largest absolute Gasteiger partial charge is 0.365 e. The van der Waals surface area contributed by atoms with Gasteiger partial charge in [0, 0.05) is 15.8 Å². The van der Waals surface area contributed by atoms with Crippen LogP contribution in [0.15, 0.2) is 52.3 Å². The van der Waals surface area contributed by atoms with E-state index in [4.69, 9.17) is 5.14 Å². The Morgan fingerprint density at radius 2 is 1.89 bits per heavy atom. The molecular formula is C17H13FN4O2S3. The summed E-state index contributed by atoms with van der Waals surface area (Å²) >= 11 is 2.59. The Bertz CT molecular complexity index is 1220. The molecule has 0 fully saturated rings. The second-order valence-electron chi connectivity index (χ2n) is 5.68. The van der Waals surface area contributed by atoms with E-state index in [-0.39, 0.29) is 10.0 Å². The molecular weight excluding hydrogens is 407 g/mol.